The highest BCUT2D eigenvalue weighted by Gasteiger charge is 2.27. The molecule has 0 aliphatic carbocycles. The maximum atomic E-state index is 5.79. The van der Waals surface area contributed by atoms with E-state index in [1.54, 1.807) is 0 Å². The highest BCUT2D eigenvalue weighted by Crippen LogP contribution is 2.25. The lowest BCUT2D eigenvalue weighted by Crippen LogP contribution is -2.48. The van der Waals surface area contributed by atoms with Crippen molar-refractivity contribution >= 4 is 5.69 Å². The van der Waals surface area contributed by atoms with Gasteiger partial charge in [-0.1, -0.05) is 26.0 Å². The van der Waals surface area contributed by atoms with Crippen LogP contribution in [0.15, 0.2) is 24.3 Å². The number of hydrogen-bond donors (Lipinski definition) is 1. The number of ether oxygens (including phenoxy) is 1. The lowest BCUT2D eigenvalue weighted by molar-refractivity contribution is -0.0276. The summed E-state index contributed by atoms with van der Waals surface area (Å²) in [6.45, 7) is 12.6. The number of nitrogens with zero attached hydrogens (tertiary/aromatic N) is 1. The molecule has 1 aromatic carbocycles. The largest absolute Gasteiger partial charge is 0.372 e. The van der Waals surface area contributed by atoms with Crippen molar-refractivity contribution in [2.24, 2.45) is 0 Å². The summed E-state index contributed by atoms with van der Waals surface area (Å²) in [5.74, 6) is 0. The lowest BCUT2D eigenvalue weighted by Gasteiger charge is -2.39. The Labute approximate surface area is 129 Å². The van der Waals surface area contributed by atoms with Gasteiger partial charge in [0.2, 0.25) is 0 Å². The molecule has 0 radical (unpaired) electrons. The van der Waals surface area contributed by atoms with Gasteiger partial charge in [0.1, 0.15) is 0 Å². The van der Waals surface area contributed by atoms with Gasteiger partial charge in [0.25, 0.3) is 0 Å². The molecule has 1 aliphatic heterocycles. The minimum atomic E-state index is -0.0500. The summed E-state index contributed by atoms with van der Waals surface area (Å²) in [5, 5.41) is 3.61. The van der Waals surface area contributed by atoms with Crippen LogP contribution in [0, 0.1) is 0 Å². The molecule has 1 saturated heterocycles. The minimum absolute atomic E-state index is 0.0500. The van der Waals surface area contributed by atoms with Crippen molar-refractivity contribution in [2.75, 3.05) is 31.1 Å². The van der Waals surface area contributed by atoms with Crippen molar-refractivity contribution < 1.29 is 4.74 Å². The molecule has 1 N–H and O–H groups in total. The highest BCUT2D eigenvalue weighted by molar-refractivity contribution is 5.48. The zero-order valence-electron chi connectivity index (χ0n) is 14.0. The van der Waals surface area contributed by atoms with E-state index in [1.807, 2.05) is 0 Å². The number of morpholine rings is 1. The van der Waals surface area contributed by atoms with Gasteiger partial charge in [-0.3, -0.25) is 0 Å². The molecule has 3 nitrogen and oxygen atoms in total. The molecular weight excluding hydrogens is 260 g/mol. The Hall–Kier alpha value is -1.06. The van der Waals surface area contributed by atoms with E-state index in [-0.39, 0.29) is 5.60 Å². The van der Waals surface area contributed by atoms with E-state index >= 15 is 0 Å². The fourth-order valence-corrected chi connectivity index (χ4v) is 2.97. The molecule has 0 aromatic heterocycles. The fourth-order valence-electron chi connectivity index (χ4n) is 2.97. The molecule has 1 heterocycles. The molecule has 0 bridgehead atoms. The van der Waals surface area contributed by atoms with E-state index in [9.17, 15) is 0 Å². The molecule has 118 valence electrons. The third-order valence-corrected chi connectivity index (χ3v) is 4.14. The predicted octanol–water partition coefficient (Wildman–Crippen LogP) is 3.75. The maximum absolute atomic E-state index is 5.79. The van der Waals surface area contributed by atoms with Gasteiger partial charge in [-0.2, -0.15) is 0 Å². The summed E-state index contributed by atoms with van der Waals surface area (Å²) < 4.78 is 5.79. The van der Waals surface area contributed by atoms with Gasteiger partial charge in [-0.15, -0.1) is 0 Å². The molecule has 1 unspecified atom stereocenters. The summed E-state index contributed by atoms with van der Waals surface area (Å²) in [7, 11) is 0. The molecule has 21 heavy (non-hydrogen) atoms. The summed E-state index contributed by atoms with van der Waals surface area (Å²) in [4.78, 5) is 2.42. The van der Waals surface area contributed by atoms with Crippen molar-refractivity contribution in [2.45, 2.75) is 52.2 Å². The first-order valence-electron chi connectivity index (χ1n) is 8.28. The van der Waals surface area contributed by atoms with Crippen LogP contribution >= 0.6 is 0 Å². The maximum Gasteiger partial charge on any atom is 0.0801 e. The first-order chi connectivity index (χ1) is 10.1. The summed E-state index contributed by atoms with van der Waals surface area (Å²) in [5.41, 5.74) is 2.65. The SMILES string of the molecule is CCCNC(CC)c1ccc(N2CCOC(C)(C)C2)cc1. The monoisotopic (exact) mass is 290 g/mol. The number of benzene rings is 1. The van der Waals surface area contributed by atoms with Crippen molar-refractivity contribution in [1.82, 2.24) is 5.32 Å². The van der Waals surface area contributed by atoms with Gasteiger partial charge in [0, 0.05) is 24.8 Å². The van der Waals surface area contributed by atoms with E-state index in [0.29, 0.717) is 6.04 Å². The molecule has 1 fully saturated rings. The van der Waals surface area contributed by atoms with Crippen molar-refractivity contribution in [3.8, 4) is 0 Å². The van der Waals surface area contributed by atoms with E-state index in [4.69, 9.17) is 4.74 Å². The zero-order valence-corrected chi connectivity index (χ0v) is 14.0. The van der Waals surface area contributed by atoms with Gasteiger partial charge in [0.15, 0.2) is 0 Å². The fraction of sp³-hybridized carbons (Fsp3) is 0.667. The van der Waals surface area contributed by atoms with Crippen molar-refractivity contribution in [1.29, 1.82) is 0 Å². The third-order valence-electron chi connectivity index (χ3n) is 4.14. The third kappa shape index (κ3) is 4.45. The molecule has 1 aliphatic rings. The second kappa shape index (κ2) is 7.28. The number of hydrogen-bond acceptors (Lipinski definition) is 3. The normalized spacial score (nSPS) is 19.5. The Kier molecular flexibility index (Phi) is 5.65. The highest BCUT2D eigenvalue weighted by atomic mass is 16.5. The van der Waals surface area contributed by atoms with Gasteiger partial charge in [-0.05, 0) is 50.9 Å². The van der Waals surface area contributed by atoms with Crippen molar-refractivity contribution in [3.05, 3.63) is 29.8 Å². The number of anilines is 1. The van der Waals surface area contributed by atoms with E-state index < -0.39 is 0 Å². The van der Waals surface area contributed by atoms with Crippen LogP contribution in [0.5, 0.6) is 0 Å². The first-order valence-corrected chi connectivity index (χ1v) is 8.28. The second-order valence-electron chi connectivity index (χ2n) is 6.54. The standard InChI is InChI=1S/C18H30N2O/c1-5-11-19-17(6-2)15-7-9-16(10-8-15)20-12-13-21-18(3,4)14-20/h7-10,17,19H,5-6,11-14H2,1-4H3. The van der Waals surface area contributed by atoms with Gasteiger partial charge in [-0.25, -0.2) is 0 Å². The Morgan fingerprint density at radius 3 is 2.52 bits per heavy atom. The van der Waals surface area contributed by atoms with Crippen LogP contribution in [-0.4, -0.2) is 31.8 Å². The molecule has 0 saturated carbocycles. The molecular formula is C18H30N2O. The molecule has 1 aromatic rings. The lowest BCUT2D eigenvalue weighted by atomic mass is 10.0. The van der Waals surface area contributed by atoms with Gasteiger partial charge in [0.05, 0.1) is 12.2 Å². The molecule has 3 heteroatoms. The summed E-state index contributed by atoms with van der Waals surface area (Å²) in [6, 6.07) is 9.53. The molecule has 2 rings (SSSR count). The van der Waals surface area contributed by atoms with Crippen LogP contribution in [0.2, 0.25) is 0 Å². The Balaban J connectivity index is 2.04. The predicted molar refractivity (Wildman–Crippen MR) is 90.0 cm³/mol. The number of nitrogens with one attached hydrogen (secondary N) is 1. The van der Waals surface area contributed by atoms with Gasteiger partial charge >= 0.3 is 0 Å². The van der Waals surface area contributed by atoms with Crippen LogP contribution < -0.4 is 10.2 Å². The van der Waals surface area contributed by atoms with Crippen LogP contribution in [0.1, 0.15) is 52.1 Å². The van der Waals surface area contributed by atoms with Crippen LogP contribution in [0.4, 0.5) is 5.69 Å². The quantitative estimate of drug-likeness (QED) is 0.863. The first kappa shape index (κ1) is 16.3. The topological polar surface area (TPSA) is 24.5 Å². The van der Waals surface area contributed by atoms with Crippen LogP contribution in [0.25, 0.3) is 0 Å². The Morgan fingerprint density at radius 2 is 1.95 bits per heavy atom. The number of rotatable bonds is 6. The van der Waals surface area contributed by atoms with Crippen LogP contribution in [-0.2, 0) is 4.74 Å². The summed E-state index contributed by atoms with van der Waals surface area (Å²) >= 11 is 0. The zero-order chi connectivity index (χ0) is 15.3. The second-order valence-corrected chi connectivity index (χ2v) is 6.54. The molecule has 1 atom stereocenters. The van der Waals surface area contributed by atoms with E-state index in [2.05, 4.69) is 62.2 Å². The summed E-state index contributed by atoms with van der Waals surface area (Å²) in [6.07, 6.45) is 2.31. The Bertz CT molecular complexity index is 427. The molecule has 0 spiro atoms. The average molecular weight is 290 g/mol. The smallest absolute Gasteiger partial charge is 0.0801 e. The molecule has 0 amide bonds. The Morgan fingerprint density at radius 1 is 1.24 bits per heavy atom. The average Bonchev–Trinajstić information content (AvgIpc) is 2.47. The van der Waals surface area contributed by atoms with E-state index in [1.165, 1.54) is 17.7 Å². The van der Waals surface area contributed by atoms with Crippen molar-refractivity contribution in [3.63, 3.8) is 0 Å². The van der Waals surface area contributed by atoms with Gasteiger partial charge < -0.3 is 15.0 Å². The van der Waals surface area contributed by atoms with E-state index in [0.717, 1.165) is 32.7 Å². The van der Waals surface area contributed by atoms with Crippen LogP contribution in [0.3, 0.4) is 0 Å². The minimum Gasteiger partial charge on any atom is -0.372 e.